The highest BCUT2D eigenvalue weighted by Crippen LogP contribution is 2.44. The highest BCUT2D eigenvalue weighted by molar-refractivity contribution is 5.79. The summed E-state index contributed by atoms with van der Waals surface area (Å²) in [7, 11) is 1.20. The number of fused-ring (bicyclic) bond motifs is 1. The van der Waals surface area contributed by atoms with Crippen molar-refractivity contribution in [1.29, 1.82) is 0 Å². The molecule has 3 heterocycles. The molecule has 10 heteroatoms. The summed E-state index contributed by atoms with van der Waals surface area (Å²) in [6, 6.07) is 7.62. The third-order valence-electron chi connectivity index (χ3n) is 5.82. The third kappa shape index (κ3) is 3.70. The quantitative estimate of drug-likeness (QED) is 0.597. The summed E-state index contributed by atoms with van der Waals surface area (Å²) in [6.07, 6.45) is 0.480. The minimum Gasteiger partial charge on any atom is -0.508 e. The van der Waals surface area contributed by atoms with Crippen LogP contribution < -0.4 is 14.5 Å². The Kier molecular flexibility index (Phi) is 5.45. The van der Waals surface area contributed by atoms with Gasteiger partial charge in [-0.25, -0.2) is 13.8 Å². The summed E-state index contributed by atoms with van der Waals surface area (Å²) < 4.78 is 53.0. The standard InChI is InChI=1S/C23H21F3N4O3/c1-32-21-17(12-16(24)18(25)19(21)26)30-6-5-15-20(13-3-2-4-14(31)11-13)27-23(28-22(15)30)29-7-9-33-10-8-29/h2-4,11-12,31H,5-10H2,1H3. The van der Waals surface area contributed by atoms with Crippen molar-refractivity contribution in [3.05, 3.63) is 53.3 Å². The molecular formula is C23H21F3N4O3. The van der Waals surface area contributed by atoms with Gasteiger partial charge in [0.05, 0.1) is 31.7 Å². The summed E-state index contributed by atoms with van der Waals surface area (Å²) in [6.45, 7) is 2.55. The maximum Gasteiger partial charge on any atom is 0.228 e. The van der Waals surface area contributed by atoms with Crippen LogP contribution in [0.2, 0.25) is 0 Å². The maximum absolute atomic E-state index is 14.5. The fourth-order valence-electron chi connectivity index (χ4n) is 4.24. The number of anilines is 3. The number of aromatic nitrogens is 2. The number of hydrogen-bond acceptors (Lipinski definition) is 7. The molecule has 0 atom stereocenters. The second-order valence-electron chi connectivity index (χ2n) is 7.76. The van der Waals surface area contributed by atoms with E-state index in [0.29, 0.717) is 62.3 Å². The lowest BCUT2D eigenvalue weighted by Crippen LogP contribution is -2.37. The van der Waals surface area contributed by atoms with Gasteiger partial charge in [0.2, 0.25) is 11.8 Å². The molecule has 0 aliphatic carbocycles. The van der Waals surface area contributed by atoms with Crippen molar-refractivity contribution in [2.24, 2.45) is 0 Å². The number of morpholine rings is 1. The lowest BCUT2D eigenvalue weighted by atomic mass is 10.1. The minimum atomic E-state index is -1.59. The Morgan fingerprint density at radius 1 is 1.03 bits per heavy atom. The number of nitrogens with zero attached hydrogens (tertiary/aromatic N) is 4. The molecule has 172 valence electrons. The van der Waals surface area contributed by atoms with Crippen LogP contribution in [0.25, 0.3) is 11.3 Å². The molecule has 0 bridgehead atoms. The molecule has 1 N–H and O–H groups in total. The molecule has 33 heavy (non-hydrogen) atoms. The van der Waals surface area contributed by atoms with Crippen molar-refractivity contribution in [2.75, 3.05) is 49.8 Å². The predicted molar refractivity (Wildman–Crippen MR) is 116 cm³/mol. The van der Waals surface area contributed by atoms with Crippen molar-refractivity contribution in [1.82, 2.24) is 9.97 Å². The van der Waals surface area contributed by atoms with E-state index in [1.807, 2.05) is 11.0 Å². The van der Waals surface area contributed by atoms with Crippen LogP contribution in [0.4, 0.5) is 30.6 Å². The van der Waals surface area contributed by atoms with Gasteiger partial charge in [0.15, 0.2) is 17.4 Å². The number of methoxy groups -OCH3 is 1. The fourth-order valence-corrected chi connectivity index (χ4v) is 4.24. The highest BCUT2D eigenvalue weighted by atomic mass is 19.2. The van der Waals surface area contributed by atoms with Gasteiger partial charge in [-0.05, 0) is 18.6 Å². The molecule has 0 radical (unpaired) electrons. The zero-order chi connectivity index (χ0) is 23.1. The van der Waals surface area contributed by atoms with E-state index in [0.717, 1.165) is 11.6 Å². The zero-order valence-electron chi connectivity index (χ0n) is 17.8. The second-order valence-corrected chi connectivity index (χ2v) is 7.76. The summed E-state index contributed by atoms with van der Waals surface area (Å²) in [5, 5.41) is 10.0. The van der Waals surface area contributed by atoms with Crippen molar-refractivity contribution < 1.29 is 27.8 Å². The first-order valence-corrected chi connectivity index (χ1v) is 10.5. The van der Waals surface area contributed by atoms with Gasteiger partial charge in [-0.1, -0.05) is 12.1 Å². The molecule has 5 rings (SSSR count). The van der Waals surface area contributed by atoms with Crippen LogP contribution in [-0.2, 0) is 11.2 Å². The summed E-state index contributed by atoms with van der Waals surface area (Å²) in [5.74, 6) is -3.71. The van der Waals surface area contributed by atoms with Crippen LogP contribution in [0, 0.1) is 17.5 Å². The summed E-state index contributed by atoms with van der Waals surface area (Å²) in [5.41, 5.74) is 2.10. The fraction of sp³-hybridized carbons (Fsp3) is 0.304. The van der Waals surface area contributed by atoms with E-state index in [1.54, 1.807) is 23.1 Å². The number of aromatic hydroxyl groups is 1. The molecule has 1 aromatic heterocycles. The molecule has 0 spiro atoms. The van der Waals surface area contributed by atoms with Crippen LogP contribution in [0.5, 0.6) is 11.5 Å². The Balaban J connectivity index is 1.70. The van der Waals surface area contributed by atoms with Crippen molar-refractivity contribution in [3.8, 4) is 22.8 Å². The normalized spacial score (nSPS) is 15.6. The topological polar surface area (TPSA) is 71.0 Å². The molecule has 2 aliphatic heterocycles. The summed E-state index contributed by atoms with van der Waals surface area (Å²) in [4.78, 5) is 13.1. The first-order chi connectivity index (χ1) is 16.0. The van der Waals surface area contributed by atoms with E-state index in [2.05, 4.69) is 0 Å². The van der Waals surface area contributed by atoms with E-state index in [4.69, 9.17) is 19.4 Å². The first-order valence-electron chi connectivity index (χ1n) is 10.5. The Morgan fingerprint density at radius 2 is 1.82 bits per heavy atom. The van der Waals surface area contributed by atoms with Gasteiger partial charge in [0.1, 0.15) is 11.6 Å². The van der Waals surface area contributed by atoms with Gasteiger partial charge >= 0.3 is 0 Å². The van der Waals surface area contributed by atoms with Crippen LogP contribution in [-0.4, -0.2) is 55.0 Å². The van der Waals surface area contributed by atoms with E-state index < -0.39 is 23.2 Å². The van der Waals surface area contributed by atoms with E-state index in [-0.39, 0.29) is 11.4 Å². The van der Waals surface area contributed by atoms with Crippen LogP contribution in [0.15, 0.2) is 30.3 Å². The van der Waals surface area contributed by atoms with Crippen molar-refractivity contribution >= 4 is 17.5 Å². The van der Waals surface area contributed by atoms with Gasteiger partial charge in [0, 0.05) is 36.8 Å². The lowest BCUT2D eigenvalue weighted by molar-refractivity contribution is 0.122. The zero-order valence-corrected chi connectivity index (χ0v) is 17.8. The van der Waals surface area contributed by atoms with Gasteiger partial charge in [-0.15, -0.1) is 0 Å². The smallest absolute Gasteiger partial charge is 0.228 e. The predicted octanol–water partition coefficient (Wildman–Crippen LogP) is 3.81. The number of benzene rings is 2. The average molecular weight is 458 g/mol. The monoisotopic (exact) mass is 458 g/mol. The van der Waals surface area contributed by atoms with Gasteiger partial charge in [0.25, 0.3) is 0 Å². The Hall–Kier alpha value is -3.53. The second kappa shape index (κ2) is 8.43. The number of hydrogen-bond donors (Lipinski definition) is 1. The highest BCUT2D eigenvalue weighted by Gasteiger charge is 2.33. The molecule has 0 unspecified atom stereocenters. The number of halogens is 3. The number of phenols is 1. The van der Waals surface area contributed by atoms with Gasteiger partial charge in [-0.3, -0.25) is 0 Å². The molecule has 1 saturated heterocycles. The van der Waals surface area contributed by atoms with E-state index in [9.17, 15) is 18.3 Å². The molecule has 3 aromatic rings. The molecular weight excluding hydrogens is 437 g/mol. The van der Waals surface area contributed by atoms with Crippen LogP contribution >= 0.6 is 0 Å². The maximum atomic E-state index is 14.5. The molecule has 1 fully saturated rings. The molecule has 2 aliphatic rings. The Bertz CT molecular complexity index is 1220. The lowest BCUT2D eigenvalue weighted by Gasteiger charge is -2.28. The third-order valence-corrected chi connectivity index (χ3v) is 5.82. The number of phenolic OH excluding ortho intramolecular Hbond substituents is 1. The first kappa shape index (κ1) is 21.3. The van der Waals surface area contributed by atoms with Gasteiger partial charge < -0.3 is 24.4 Å². The molecule has 0 amide bonds. The van der Waals surface area contributed by atoms with Crippen molar-refractivity contribution in [3.63, 3.8) is 0 Å². The Labute approximate surface area is 188 Å². The largest absolute Gasteiger partial charge is 0.508 e. The number of ether oxygens (including phenoxy) is 2. The molecule has 2 aromatic carbocycles. The average Bonchev–Trinajstić information content (AvgIpc) is 3.26. The van der Waals surface area contributed by atoms with E-state index in [1.165, 1.54) is 7.11 Å². The SMILES string of the molecule is COc1c(N2CCc3c(-c4cccc(O)c4)nc(N4CCOCC4)nc32)cc(F)c(F)c1F. The Morgan fingerprint density at radius 3 is 2.55 bits per heavy atom. The minimum absolute atomic E-state index is 0.0427. The van der Waals surface area contributed by atoms with Crippen LogP contribution in [0.1, 0.15) is 5.56 Å². The number of rotatable bonds is 4. The summed E-state index contributed by atoms with van der Waals surface area (Å²) >= 11 is 0. The molecule has 0 saturated carbocycles. The molecule has 7 nitrogen and oxygen atoms in total. The van der Waals surface area contributed by atoms with E-state index >= 15 is 0 Å². The van der Waals surface area contributed by atoms with Gasteiger partial charge in [-0.2, -0.15) is 9.37 Å². The van der Waals surface area contributed by atoms with Crippen LogP contribution in [0.3, 0.4) is 0 Å². The van der Waals surface area contributed by atoms with Crippen molar-refractivity contribution in [2.45, 2.75) is 6.42 Å².